The molecule has 0 bridgehead atoms. The largest absolute Gasteiger partial charge is 0.481 e. The molecular weight excluding hydrogens is 328 g/mol. The molecule has 1 saturated heterocycles. The van der Waals surface area contributed by atoms with E-state index in [9.17, 15) is 4.79 Å². The number of aryl methyl sites for hydroxylation is 1. The molecule has 0 aliphatic carbocycles. The van der Waals surface area contributed by atoms with Crippen molar-refractivity contribution in [1.82, 2.24) is 0 Å². The highest BCUT2D eigenvalue weighted by atomic mass is 35.5. The molecule has 24 heavy (non-hydrogen) atoms. The van der Waals surface area contributed by atoms with E-state index in [0.717, 1.165) is 18.1 Å². The second-order valence-corrected chi connectivity index (χ2v) is 6.14. The van der Waals surface area contributed by atoms with Crippen LogP contribution in [0, 0.1) is 6.92 Å². The smallest absolute Gasteiger partial charge is 0.307 e. The fraction of sp³-hybridized carbons (Fsp3) is 0.263. The van der Waals surface area contributed by atoms with Crippen molar-refractivity contribution >= 4 is 23.5 Å². The molecule has 2 atom stereocenters. The van der Waals surface area contributed by atoms with Crippen LogP contribution in [0.4, 0.5) is 0 Å². The van der Waals surface area contributed by atoms with E-state index in [0.29, 0.717) is 11.4 Å². The zero-order valence-electron chi connectivity index (χ0n) is 13.5. The van der Waals surface area contributed by atoms with E-state index >= 15 is 0 Å². The van der Waals surface area contributed by atoms with Crippen LogP contribution in [-0.2, 0) is 14.3 Å². The third kappa shape index (κ3) is 4.83. The Morgan fingerprint density at radius 1 is 1.08 bits per heavy atom. The normalized spacial score (nSPS) is 19.2. The lowest BCUT2D eigenvalue weighted by atomic mass is 9.88. The minimum Gasteiger partial charge on any atom is -0.481 e. The van der Waals surface area contributed by atoms with Gasteiger partial charge >= 0.3 is 5.97 Å². The summed E-state index contributed by atoms with van der Waals surface area (Å²) in [5.41, 5.74) is 3.33. The summed E-state index contributed by atoms with van der Waals surface area (Å²) in [6.45, 7) is 3.13. The molecule has 0 aromatic heterocycles. The first-order valence-corrected chi connectivity index (χ1v) is 7.95. The van der Waals surface area contributed by atoms with E-state index in [4.69, 9.17) is 26.2 Å². The average molecular weight is 347 g/mol. The van der Waals surface area contributed by atoms with Gasteiger partial charge in [0.15, 0.2) is 0 Å². The first-order chi connectivity index (χ1) is 11.4. The molecule has 3 rings (SSSR count). The number of halogens is 1. The van der Waals surface area contributed by atoms with Crippen LogP contribution in [0.15, 0.2) is 48.5 Å². The van der Waals surface area contributed by atoms with Gasteiger partial charge in [-0.15, -0.1) is 0 Å². The molecule has 2 aromatic carbocycles. The van der Waals surface area contributed by atoms with Crippen molar-refractivity contribution in [3.63, 3.8) is 0 Å². The third-order valence-corrected chi connectivity index (χ3v) is 3.97. The molecule has 1 fully saturated rings. The summed E-state index contributed by atoms with van der Waals surface area (Å²) < 4.78 is 5.51. The van der Waals surface area contributed by atoms with Gasteiger partial charge in [-0.1, -0.05) is 53.6 Å². The van der Waals surface area contributed by atoms with E-state index < -0.39 is 5.97 Å². The average Bonchev–Trinajstić information content (AvgIpc) is 2.90. The van der Waals surface area contributed by atoms with Crippen LogP contribution in [0.25, 0.3) is 0 Å². The van der Waals surface area contributed by atoms with Gasteiger partial charge in [0.1, 0.15) is 6.10 Å². The maximum atomic E-state index is 11.7. The fourth-order valence-electron chi connectivity index (χ4n) is 2.62. The Morgan fingerprint density at radius 2 is 1.58 bits per heavy atom. The maximum absolute atomic E-state index is 11.7. The predicted octanol–water partition coefficient (Wildman–Crippen LogP) is 4.51. The summed E-state index contributed by atoms with van der Waals surface area (Å²) in [4.78, 5) is 20.7. The van der Waals surface area contributed by atoms with E-state index in [2.05, 4.69) is 0 Å². The number of hydrogen-bond donors (Lipinski definition) is 1. The van der Waals surface area contributed by atoms with Gasteiger partial charge in [-0.05, 0) is 30.2 Å². The van der Waals surface area contributed by atoms with Crippen LogP contribution >= 0.6 is 11.6 Å². The molecular formula is C19H19ClO4. The monoisotopic (exact) mass is 346 g/mol. The number of esters is 1. The highest BCUT2D eigenvalue weighted by molar-refractivity contribution is 6.30. The van der Waals surface area contributed by atoms with Gasteiger partial charge in [-0.2, -0.15) is 0 Å². The van der Waals surface area contributed by atoms with E-state index in [1.54, 1.807) is 0 Å². The summed E-state index contributed by atoms with van der Waals surface area (Å²) >= 11 is 5.92. The Morgan fingerprint density at radius 3 is 2.12 bits per heavy atom. The molecule has 126 valence electrons. The van der Waals surface area contributed by atoms with Crippen molar-refractivity contribution in [2.75, 3.05) is 0 Å². The van der Waals surface area contributed by atoms with E-state index in [1.807, 2.05) is 55.5 Å². The van der Waals surface area contributed by atoms with Crippen LogP contribution in [0.5, 0.6) is 0 Å². The number of carboxylic acids is 1. The zero-order chi connectivity index (χ0) is 17.7. The zero-order valence-corrected chi connectivity index (χ0v) is 14.3. The van der Waals surface area contributed by atoms with Crippen LogP contribution < -0.4 is 0 Å². The van der Waals surface area contributed by atoms with Crippen LogP contribution in [-0.4, -0.2) is 17.0 Å². The number of carbonyl (C=O) groups is 2. The van der Waals surface area contributed by atoms with Crippen LogP contribution in [0.2, 0.25) is 5.02 Å². The van der Waals surface area contributed by atoms with Gasteiger partial charge in [-0.3, -0.25) is 9.59 Å². The minimum absolute atomic E-state index is 0.0578. The van der Waals surface area contributed by atoms with Crippen molar-refractivity contribution in [3.8, 4) is 0 Å². The second-order valence-electron chi connectivity index (χ2n) is 5.70. The molecule has 4 nitrogen and oxygen atoms in total. The van der Waals surface area contributed by atoms with Gasteiger partial charge in [0.2, 0.25) is 0 Å². The van der Waals surface area contributed by atoms with Crippen LogP contribution in [0.1, 0.15) is 42.1 Å². The lowest BCUT2D eigenvalue weighted by molar-refractivity contribution is -0.141. The SMILES string of the molecule is CC(=O)O.Cc1ccc([C@@H]2OC(=O)C[C@H]2c2ccc(Cl)cc2)cc1. The molecule has 1 N–H and O–H groups in total. The Hall–Kier alpha value is -2.33. The Kier molecular flexibility index (Phi) is 5.99. The highest BCUT2D eigenvalue weighted by Crippen LogP contribution is 2.42. The number of carbonyl (C=O) groups excluding carboxylic acids is 1. The summed E-state index contributed by atoms with van der Waals surface area (Å²) in [7, 11) is 0. The topological polar surface area (TPSA) is 63.6 Å². The quantitative estimate of drug-likeness (QED) is 0.812. The molecule has 0 spiro atoms. The Bertz CT molecular complexity index is 648. The first-order valence-electron chi connectivity index (χ1n) is 7.58. The summed E-state index contributed by atoms with van der Waals surface area (Å²) in [5.74, 6) is -0.919. The lowest BCUT2D eigenvalue weighted by Gasteiger charge is -2.18. The summed E-state index contributed by atoms with van der Waals surface area (Å²) in [6.07, 6.45) is 0.212. The number of aliphatic carboxylic acids is 1. The summed E-state index contributed by atoms with van der Waals surface area (Å²) in [5, 5.41) is 8.12. The number of hydrogen-bond acceptors (Lipinski definition) is 3. The molecule has 1 aliphatic rings. The van der Waals surface area contributed by atoms with E-state index in [1.165, 1.54) is 5.56 Å². The second kappa shape index (κ2) is 7.97. The summed E-state index contributed by atoms with van der Waals surface area (Å²) in [6, 6.07) is 15.8. The molecule has 0 unspecified atom stereocenters. The molecule has 0 saturated carbocycles. The number of ether oxygens (including phenoxy) is 1. The lowest BCUT2D eigenvalue weighted by Crippen LogP contribution is -2.06. The number of benzene rings is 2. The van der Waals surface area contributed by atoms with Gasteiger partial charge in [0, 0.05) is 17.9 Å². The molecule has 0 radical (unpaired) electrons. The number of cyclic esters (lactones) is 1. The number of carboxylic acid groups (broad SMARTS) is 1. The predicted molar refractivity (Wildman–Crippen MR) is 92.1 cm³/mol. The fourth-order valence-corrected chi connectivity index (χ4v) is 2.74. The molecule has 1 aliphatic heterocycles. The van der Waals surface area contributed by atoms with Crippen molar-refractivity contribution in [2.45, 2.75) is 32.3 Å². The first kappa shape index (κ1) is 18.0. The van der Waals surface area contributed by atoms with Gasteiger partial charge in [-0.25, -0.2) is 0 Å². The minimum atomic E-state index is -0.833. The molecule has 5 heteroatoms. The van der Waals surface area contributed by atoms with Gasteiger partial charge in [0.05, 0.1) is 6.42 Å². The molecule has 2 aromatic rings. The van der Waals surface area contributed by atoms with Gasteiger partial charge in [0.25, 0.3) is 5.97 Å². The molecule has 1 heterocycles. The molecule has 0 amide bonds. The highest BCUT2D eigenvalue weighted by Gasteiger charge is 2.36. The van der Waals surface area contributed by atoms with Crippen molar-refractivity contribution in [2.24, 2.45) is 0 Å². The van der Waals surface area contributed by atoms with Crippen molar-refractivity contribution < 1.29 is 19.4 Å². The van der Waals surface area contributed by atoms with Crippen LogP contribution in [0.3, 0.4) is 0 Å². The standard InChI is InChI=1S/C17H15ClO2.C2H4O2/c1-11-2-4-13(5-3-11)17-15(10-16(19)20-17)12-6-8-14(18)9-7-12;1-2(3)4/h2-9,15,17H,10H2,1H3;1H3,(H,3,4)/t15-,17-;/m0./s1. The van der Waals surface area contributed by atoms with Crippen molar-refractivity contribution in [1.29, 1.82) is 0 Å². The maximum Gasteiger partial charge on any atom is 0.307 e. The van der Waals surface area contributed by atoms with Gasteiger partial charge < -0.3 is 9.84 Å². The van der Waals surface area contributed by atoms with E-state index in [-0.39, 0.29) is 18.0 Å². The third-order valence-electron chi connectivity index (χ3n) is 3.71. The Labute approximate surface area is 146 Å². The number of rotatable bonds is 2. The Balaban J connectivity index is 0.000000471. The van der Waals surface area contributed by atoms with Crippen molar-refractivity contribution in [3.05, 3.63) is 70.2 Å².